The molecule has 2 aromatic carbocycles. The minimum absolute atomic E-state index is 0.314. The van der Waals surface area contributed by atoms with Gasteiger partial charge in [-0.2, -0.15) is 0 Å². The number of nitrogens with one attached hydrogen (secondary N) is 1. The first-order chi connectivity index (χ1) is 16.1. The Morgan fingerprint density at radius 3 is 2.42 bits per heavy atom. The summed E-state index contributed by atoms with van der Waals surface area (Å²) in [4.78, 5) is 20.2. The van der Waals surface area contributed by atoms with Crippen molar-refractivity contribution in [1.29, 1.82) is 0 Å². The number of hydrogen-bond acceptors (Lipinski definition) is 4. The van der Waals surface area contributed by atoms with Crippen LogP contribution in [0.15, 0.2) is 60.8 Å². The molecule has 168 valence electrons. The molecule has 1 heterocycles. The molecule has 5 rings (SSSR count). The Labute approximate surface area is 193 Å². The number of carboxylic acids is 1. The summed E-state index contributed by atoms with van der Waals surface area (Å²) in [6, 6.07) is 19.0. The molecule has 5 heteroatoms. The molecule has 2 aliphatic carbocycles. The van der Waals surface area contributed by atoms with Gasteiger partial charge in [0.2, 0.25) is 5.95 Å². The molecule has 5 nitrogen and oxygen atoms in total. The Morgan fingerprint density at radius 1 is 0.970 bits per heavy atom. The van der Waals surface area contributed by atoms with Crippen LogP contribution in [-0.4, -0.2) is 21.0 Å². The maximum absolute atomic E-state index is 11.0. The topological polar surface area (TPSA) is 75.1 Å². The molecular formula is C28H29N3O2. The number of hydrogen-bond donors (Lipinski definition) is 2. The van der Waals surface area contributed by atoms with Crippen molar-refractivity contribution < 1.29 is 9.90 Å². The summed E-state index contributed by atoms with van der Waals surface area (Å²) in [5.74, 6) is 1.17. The first-order valence-electron chi connectivity index (χ1n) is 11.8. The molecule has 1 unspecified atom stereocenters. The van der Waals surface area contributed by atoms with Crippen molar-refractivity contribution >= 4 is 29.8 Å². The van der Waals surface area contributed by atoms with Crippen molar-refractivity contribution in [2.45, 2.75) is 50.4 Å². The normalized spacial score (nSPS) is 21.9. The number of aromatic nitrogens is 2. The smallest absolute Gasteiger partial charge is 0.303 e. The maximum atomic E-state index is 11.0. The number of para-hydroxylation sites is 1. The predicted molar refractivity (Wildman–Crippen MR) is 131 cm³/mol. The highest BCUT2D eigenvalue weighted by Gasteiger charge is 2.24. The van der Waals surface area contributed by atoms with E-state index in [-0.39, 0.29) is 0 Å². The third-order valence-corrected chi connectivity index (χ3v) is 6.97. The number of benzene rings is 2. The molecule has 2 N–H and O–H groups in total. The Kier molecular flexibility index (Phi) is 6.20. The van der Waals surface area contributed by atoms with Crippen LogP contribution in [0.2, 0.25) is 0 Å². The van der Waals surface area contributed by atoms with Gasteiger partial charge in [-0.25, -0.2) is 9.97 Å². The predicted octanol–water partition coefficient (Wildman–Crippen LogP) is 4.72. The van der Waals surface area contributed by atoms with E-state index in [1.165, 1.54) is 11.1 Å². The van der Waals surface area contributed by atoms with Crippen LogP contribution in [0.1, 0.15) is 61.5 Å². The van der Waals surface area contributed by atoms with Crippen molar-refractivity contribution in [3.63, 3.8) is 0 Å². The third kappa shape index (κ3) is 5.14. The van der Waals surface area contributed by atoms with Crippen LogP contribution in [0, 0.1) is 5.92 Å². The highest BCUT2D eigenvalue weighted by Crippen LogP contribution is 2.37. The van der Waals surface area contributed by atoms with Gasteiger partial charge < -0.3 is 10.4 Å². The summed E-state index contributed by atoms with van der Waals surface area (Å²) >= 11 is 0. The van der Waals surface area contributed by atoms with E-state index in [9.17, 15) is 4.79 Å². The van der Waals surface area contributed by atoms with Gasteiger partial charge in [0.05, 0.1) is 5.35 Å². The molecule has 0 spiro atoms. The summed E-state index contributed by atoms with van der Waals surface area (Å²) < 4.78 is 0. The summed E-state index contributed by atoms with van der Waals surface area (Å²) in [5.41, 5.74) is 3.67. The number of anilines is 2. The molecule has 1 atom stereocenters. The molecule has 0 radical (unpaired) electrons. The van der Waals surface area contributed by atoms with Crippen LogP contribution >= 0.6 is 0 Å². The number of aliphatic carboxylic acids is 1. The molecule has 33 heavy (non-hydrogen) atoms. The molecular weight excluding hydrogens is 410 g/mol. The average Bonchev–Trinajstić information content (AvgIpc) is 2.85. The zero-order chi connectivity index (χ0) is 22.6. The number of nitrogens with zero attached hydrogens (tertiary/aromatic N) is 2. The monoisotopic (exact) mass is 439 g/mol. The minimum Gasteiger partial charge on any atom is -0.481 e. The quantitative estimate of drug-likeness (QED) is 0.581. The van der Waals surface area contributed by atoms with E-state index in [1.807, 2.05) is 36.5 Å². The molecule has 0 bridgehead atoms. The number of fused-ring (bicyclic) bond motifs is 1. The minimum atomic E-state index is -0.668. The van der Waals surface area contributed by atoms with Gasteiger partial charge in [0.1, 0.15) is 0 Å². The molecule has 3 aromatic rings. The lowest BCUT2D eigenvalue weighted by Gasteiger charge is -2.28. The molecule has 1 fully saturated rings. The van der Waals surface area contributed by atoms with Crippen LogP contribution in [0.5, 0.6) is 0 Å². The fourth-order valence-electron chi connectivity index (χ4n) is 5.12. The van der Waals surface area contributed by atoms with Gasteiger partial charge in [0.15, 0.2) is 0 Å². The number of rotatable bonds is 6. The van der Waals surface area contributed by atoms with Gasteiger partial charge in [0, 0.05) is 29.4 Å². The van der Waals surface area contributed by atoms with Crippen LogP contribution in [0.25, 0.3) is 12.2 Å². The second-order valence-electron chi connectivity index (χ2n) is 9.22. The highest BCUT2D eigenvalue weighted by molar-refractivity contribution is 5.67. The van der Waals surface area contributed by atoms with E-state index in [0.717, 1.165) is 48.4 Å². The lowest BCUT2D eigenvalue weighted by molar-refractivity contribution is -0.138. The molecule has 0 saturated heterocycles. The van der Waals surface area contributed by atoms with E-state index in [1.54, 1.807) is 0 Å². The van der Waals surface area contributed by atoms with Gasteiger partial charge in [-0.1, -0.05) is 54.6 Å². The van der Waals surface area contributed by atoms with Gasteiger partial charge in [-0.15, -0.1) is 0 Å². The fraction of sp³-hybridized carbons (Fsp3) is 0.321. The molecule has 1 saturated carbocycles. The van der Waals surface area contributed by atoms with E-state index >= 15 is 0 Å². The Balaban J connectivity index is 1.25. The lowest BCUT2D eigenvalue weighted by atomic mass is 9.77. The van der Waals surface area contributed by atoms with Crippen molar-refractivity contribution in [3.8, 4) is 0 Å². The van der Waals surface area contributed by atoms with E-state index in [4.69, 9.17) is 10.1 Å². The molecule has 2 aliphatic rings. The first kappa shape index (κ1) is 21.4. The fourth-order valence-corrected chi connectivity index (χ4v) is 5.12. The molecule has 0 aliphatic heterocycles. The van der Waals surface area contributed by atoms with Crippen LogP contribution < -0.4 is 15.9 Å². The maximum Gasteiger partial charge on any atom is 0.303 e. The van der Waals surface area contributed by atoms with Crippen molar-refractivity contribution in [1.82, 2.24) is 9.97 Å². The van der Waals surface area contributed by atoms with Crippen molar-refractivity contribution in [2.24, 2.45) is 5.92 Å². The zero-order valence-electron chi connectivity index (χ0n) is 18.7. The average molecular weight is 440 g/mol. The van der Waals surface area contributed by atoms with Gasteiger partial charge in [-0.05, 0) is 67.2 Å². The number of carboxylic acid groups (broad SMARTS) is 1. The van der Waals surface area contributed by atoms with Crippen LogP contribution in [0.4, 0.5) is 11.6 Å². The Hall–Kier alpha value is -3.47. The van der Waals surface area contributed by atoms with Crippen LogP contribution in [-0.2, 0) is 4.79 Å². The summed E-state index contributed by atoms with van der Waals surface area (Å²) in [5, 5.41) is 14.3. The van der Waals surface area contributed by atoms with E-state index < -0.39 is 5.97 Å². The summed E-state index contributed by atoms with van der Waals surface area (Å²) in [6.07, 6.45) is 11.8. The van der Waals surface area contributed by atoms with Crippen molar-refractivity contribution in [3.05, 3.63) is 82.5 Å². The summed E-state index contributed by atoms with van der Waals surface area (Å²) in [7, 11) is 0. The first-order valence-corrected chi connectivity index (χ1v) is 11.8. The Bertz CT molecular complexity index is 1230. The second-order valence-corrected chi connectivity index (χ2v) is 9.22. The van der Waals surface area contributed by atoms with Gasteiger partial charge >= 0.3 is 5.97 Å². The van der Waals surface area contributed by atoms with Crippen molar-refractivity contribution in [2.75, 3.05) is 5.32 Å². The molecule has 0 amide bonds. The largest absolute Gasteiger partial charge is 0.481 e. The lowest BCUT2D eigenvalue weighted by Crippen LogP contribution is -2.33. The summed E-state index contributed by atoms with van der Waals surface area (Å²) in [6.45, 7) is 0. The zero-order valence-corrected chi connectivity index (χ0v) is 18.7. The molecule has 1 aromatic heterocycles. The van der Waals surface area contributed by atoms with Gasteiger partial charge in [-0.3, -0.25) is 4.79 Å². The second kappa shape index (κ2) is 9.57. The number of carbonyl (C=O) groups is 1. The Morgan fingerprint density at radius 2 is 1.70 bits per heavy atom. The third-order valence-electron chi connectivity index (χ3n) is 6.97. The van der Waals surface area contributed by atoms with Gasteiger partial charge in [0.25, 0.3) is 0 Å². The van der Waals surface area contributed by atoms with E-state index in [2.05, 4.69) is 46.7 Å². The highest BCUT2D eigenvalue weighted by atomic mass is 16.4. The van der Waals surface area contributed by atoms with E-state index in [0.29, 0.717) is 30.1 Å². The standard InChI is InChI=1S/C28H29N3O2/c32-27(33)16-19-6-8-20(9-7-19)21-10-12-22(13-11-21)23-14-15-26-24(17-23)18-29-28(31-26)30-25-4-2-1-3-5-25/h1-5,10-13,15,17-20,23H,6-9,14,16H2,(H,30,31)(H,32,33). The van der Waals surface area contributed by atoms with Crippen LogP contribution in [0.3, 0.4) is 0 Å². The SMILES string of the molecule is O=C(O)CC1CCC(c2ccc(C3C=c4cnc(Nc5ccccc5)nc4=CC3)cc2)CC1.